The molecule has 0 radical (unpaired) electrons. The fourth-order valence-electron chi connectivity index (χ4n) is 3.14. The first-order chi connectivity index (χ1) is 13.0. The van der Waals surface area contributed by atoms with Crippen LogP contribution in [0.4, 0.5) is 0 Å². The zero-order valence-electron chi connectivity index (χ0n) is 15.7. The molecule has 0 unspecified atom stereocenters. The van der Waals surface area contributed by atoms with E-state index in [2.05, 4.69) is 15.6 Å². The smallest absolute Gasteiger partial charge is 0.243 e. The molecule has 5 nitrogen and oxygen atoms in total. The second-order valence-corrected chi connectivity index (χ2v) is 7.01. The van der Waals surface area contributed by atoms with Gasteiger partial charge < -0.3 is 15.6 Å². The van der Waals surface area contributed by atoms with E-state index in [0.717, 1.165) is 22.0 Å². The lowest BCUT2D eigenvalue weighted by Crippen LogP contribution is -2.50. The van der Waals surface area contributed by atoms with Crippen LogP contribution in [0.2, 0.25) is 0 Å². The summed E-state index contributed by atoms with van der Waals surface area (Å²) < 4.78 is 0. The minimum Gasteiger partial charge on any atom is -0.361 e. The molecule has 0 fully saturated rings. The van der Waals surface area contributed by atoms with E-state index in [1.54, 1.807) is 0 Å². The molecule has 0 spiro atoms. The van der Waals surface area contributed by atoms with Crippen molar-refractivity contribution >= 4 is 22.7 Å². The van der Waals surface area contributed by atoms with Crippen LogP contribution in [0.5, 0.6) is 0 Å². The molecule has 2 aromatic carbocycles. The molecular weight excluding hydrogens is 338 g/mol. The number of nitrogens with one attached hydrogen (secondary N) is 3. The largest absolute Gasteiger partial charge is 0.361 e. The molecule has 3 rings (SSSR count). The van der Waals surface area contributed by atoms with Crippen molar-refractivity contribution in [2.24, 2.45) is 0 Å². The normalized spacial score (nSPS) is 12.1. The lowest BCUT2D eigenvalue weighted by Gasteiger charge is -2.20. The van der Waals surface area contributed by atoms with E-state index >= 15 is 0 Å². The number of aromatic nitrogens is 1. The molecular formula is C22H25N3O2. The van der Waals surface area contributed by atoms with Crippen molar-refractivity contribution in [2.45, 2.75) is 38.8 Å². The van der Waals surface area contributed by atoms with Crippen molar-refractivity contribution in [3.63, 3.8) is 0 Å². The van der Waals surface area contributed by atoms with Crippen LogP contribution in [-0.4, -0.2) is 28.9 Å². The molecule has 0 aliphatic rings. The third kappa shape index (κ3) is 4.97. The number of H-pyrrole nitrogens is 1. The molecule has 0 saturated heterocycles. The molecule has 140 valence electrons. The number of hydrogen-bond donors (Lipinski definition) is 3. The SMILES string of the molecule is CC(C)NC(=O)[C@H](Cc1c[nH]c2ccccc12)NC(=O)Cc1ccccc1. The lowest BCUT2D eigenvalue weighted by atomic mass is 10.0. The van der Waals surface area contributed by atoms with Crippen molar-refractivity contribution in [2.75, 3.05) is 0 Å². The van der Waals surface area contributed by atoms with Gasteiger partial charge in [-0.25, -0.2) is 0 Å². The van der Waals surface area contributed by atoms with Crippen LogP contribution in [-0.2, 0) is 22.4 Å². The summed E-state index contributed by atoms with van der Waals surface area (Å²) in [6, 6.07) is 16.9. The molecule has 0 saturated carbocycles. The van der Waals surface area contributed by atoms with Crippen LogP contribution in [0.25, 0.3) is 10.9 Å². The molecule has 0 aliphatic heterocycles. The number of carbonyl (C=O) groups excluding carboxylic acids is 2. The highest BCUT2D eigenvalue weighted by atomic mass is 16.2. The fraction of sp³-hybridized carbons (Fsp3) is 0.273. The molecule has 1 heterocycles. The average molecular weight is 363 g/mol. The predicted octanol–water partition coefficient (Wildman–Crippen LogP) is 2.96. The van der Waals surface area contributed by atoms with E-state index in [1.165, 1.54) is 0 Å². The van der Waals surface area contributed by atoms with Crippen LogP contribution in [0.3, 0.4) is 0 Å². The Balaban J connectivity index is 1.76. The van der Waals surface area contributed by atoms with E-state index in [1.807, 2.05) is 74.6 Å². The van der Waals surface area contributed by atoms with Crippen molar-refractivity contribution in [1.29, 1.82) is 0 Å². The Morgan fingerprint density at radius 2 is 1.67 bits per heavy atom. The zero-order valence-corrected chi connectivity index (χ0v) is 15.7. The van der Waals surface area contributed by atoms with Crippen molar-refractivity contribution in [1.82, 2.24) is 15.6 Å². The van der Waals surface area contributed by atoms with Crippen LogP contribution in [0.15, 0.2) is 60.8 Å². The first-order valence-electron chi connectivity index (χ1n) is 9.21. The van der Waals surface area contributed by atoms with Gasteiger partial charge in [-0.05, 0) is 31.0 Å². The summed E-state index contributed by atoms with van der Waals surface area (Å²) in [5.74, 6) is -0.332. The molecule has 1 atom stereocenters. The van der Waals surface area contributed by atoms with Crippen LogP contribution < -0.4 is 10.6 Å². The Morgan fingerprint density at radius 3 is 2.41 bits per heavy atom. The van der Waals surface area contributed by atoms with Gasteiger partial charge in [-0.3, -0.25) is 9.59 Å². The molecule has 3 aromatic rings. The van der Waals surface area contributed by atoms with Gasteiger partial charge in [-0.15, -0.1) is 0 Å². The van der Waals surface area contributed by atoms with Gasteiger partial charge in [0, 0.05) is 29.6 Å². The van der Waals surface area contributed by atoms with Crippen molar-refractivity contribution in [3.05, 3.63) is 71.9 Å². The molecule has 1 aromatic heterocycles. The minimum absolute atomic E-state index is 0.00833. The fourth-order valence-corrected chi connectivity index (χ4v) is 3.14. The van der Waals surface area contributed by atoms with Crippen molar-refractivity contribution in [3.8, 4) is 0 Å². The first kappa shape index (κ1) is 18.7. The second-order valence-electron chi connectivity index (χ2n) is 7.01. The number of amides is 2. The van der Waals surface area contributed by atoms with Gasteiger partial charge >= 0.3 is 0 Å². The monoisotopic (exact) mass is 363 g/mol. The maximum absolute atomic E-state index is 12.7. The summed E-state index contributed by atoms with van der Waals surface area (Å²) in [4.78, 5) is 28.4. The molecule has 0 bridgehead atoms. The molecule has 5 heteroatoms. The van der Waals surface area contributed by atoms with E-state index in [4.69, 9.17) is 0 Å². The Bertz CT molecular complexity index is 915. The lowest BCUT2D eigenvalue weighted by molar-refractivity contribution is -0.129. The van der Waals surface area contributed by atoms with Crippen molar-refractivity contribution < 1.29 is 9.59 Å². The maximum atomic E-state index is 12.7. The van der Waals surface area contributed by atoms with Gasteiger partial charge in [0.25, 0.3) is 0 Å². The van der Waals surface area contributed by atoms with Crippen LogP contribution >= 0.6 is 0 Å². The first-order valence-corrected chi connectivity index (χ1v) is 9.21. The third-order valence-corrected chi connectivity index (χ3v) is 4.39. The van der Waals surface area contributed by atoms with Gasteiger partial charge in [0.15, 0.2) is 0 Å². The Kier molecular flexibility index (Phi) is 5.91. The van der Waals surface area contributed by atoms with Gasteiger partial charge in [-0.1, -0.05) is 48.5 Å². The topological polar surface area (TPSA) is 74.0 Å². The number of rotatable bonds is 7. The summed E-state index contributed by atoms with van der Waals surface area (Å²) in [6.45, 7) is 3.82. The zero-order chi connectivity index (χ0) is 19.2. The standard InChI is InChI=1S/C22H25N3O2/c1-15(2)24-22(27)20(25-21(26)12-16-8-4-3-5-9-16)13-17-14-23-19-11-7-6-10-18(17)19/h3-11,14-15,20,23H,12-13H2,1-2H3,(H,24,27)(H,25,26)/t20-/m0/s1. The summed E-state index contributed by atoms with van der Waals surface area (Å²) in [6.07, 6.45) is 2.59. The third-order valence-electron chi connectivity index (χ3n) is 4.39. The number of carbonyl (C=O) groups is 2. The molecule has 0 aliphatic carbocycles. The number of benzene rings is 2. The Morgan fingerprint density at radius 1 is 0.963 bits per heavy atom. The minimum atomic E-state index is -0.622. The maximum Gasteiger partial charge on any atom is 0.243 e. The Hall–Kier alpha value is -3.08. The van der Waals surface area contributed by atoms with E-state index in [-0.39, 0.29) is 24.3 Å². The summed E-state index contributed by atoms with van der Waals surface area (Å²) in [7, 11) is 0. The summed E-state index contributed by atoms with van der Waals surface area (Å²) in [5.41, 5.74) is 2.95. The number of aromatic amines is 1. The van der Waals surface area contributed by atoms with Crippen LogP contribution in [0, 0.1) is 0 Å². The highest BCUT2D eigenvalue weighted by molar-refractivity contribution is 5.90. The van der Waals surface area contributed by atoms with Gasteiger partial charge in [-0.2, -0.15) is 0 Å². The molecule has 3 N–H and O–H groups in total. The summed E-state index contributed by atoms with van der Waals surface area (Å²) >= 11 is 0. The van der Waals surface area contributed by atoms with Gasteiger partial charge in [0.2, 0.25) is 11.8 Å². The number of fused-ring (bicyclic) bond motifs is 1. The van der Waals surface area contributed by atoms with Crippen LogP contribution in [0.1, 0.15) is 25.0 Å². The van der Waals surface area contributed by atoms with Gasteiger partial charge in [0.05, 0.1) is 6.42 Å². The number of para-hydroxylation sites is 1. The quantitative estimate of drug-likeness (QED) is 0.604. The number of hydrogen-bond acceptors (Lipinski definition) is 2. The van der Waals surface area contributed by atoms with E-state index < -0.39 is 6.04 Å². The average Bonchev–Trinajstić information content (AvgIpc) is 3.04. The predicted molar refractivity (Wildman–Crippen MR) is 107 cm³/mol. The molecule has 2 amide bonds. The van der Waals surface area contributed by atoms with E-state index in [9.17, 15) is 9.59 Å². The highest BCUT2D eigenvalue weighted by Gasteiger charge is 2.23. The molecule has 27 heavy (non-hydrogen) atoms. The van der Waals surface area contributed by atoms with E-state index in [0.29, 0.717) is 6.42 Å². The second kappa shape index (κ2) is 8.54. The highest BCUT2D eigenvalue weighted by Crippen LogP contribution is 2.19. The Labute approximate surface area is 159 Å². The van der Waals surface area contributed by atoms with Gasteiger partial charge in [0.1, 0.15) is 6.04 Å². The summed E-state index contributed by atoms with van der Waals surface area (Å²) in [5, 5.41) is 6.88.